The Morgan fingerprint density at radius 1 is 1.26 bits per heavy atom. The smallest absolute Gasteiger partial charge is 0.223 e. The monoisotopic (exact) mass is 269 g/mol. The van der Waals surface area contributed by atoms with E-state index in [0.717, 1.165) is 38.1 Å². The van der Waals surface area contributed by atoms with Gasteiger partial charge in [-0.15, -0.1) is 0 Å². The van der Waals surface area contributed by atoms with Gasteiger partial charge in [-0.2, -0.15) is 0 Å². The molecule has 1 atom stereocenters. The molecule has 0 aromatic rings. The van der Waals surface area contributed by atoms with Gasteiger partial charge >= 0.3 is 0 Å². The van der Waals surface area contributed by atoms with Crippen molar-refractivity contribution < 1.29 is 9.90 Å². The van der Waals surface area contributed by atoms with Crippen LogP contribution in [0, 0.1) is 23.7 Å². The number of hydrogen-bond acceptors (Lipinski definition) is 2. The summed E-state index contributed by atoms with van der Waals surface area (Å²) in [5.74, 6) is 2.27. The summed E-state index contributed by atoms with van der Waals surface area (Å²) in [5, 5.41) is 12.2. The minimum Gasteiger partial charge on any atom is -0.396 e. The maximum Gasteiger partial charge on any atom is 0.223 e. The van der Waals surface area contributed by atoms with Crippen LogP contribution in [0.1, 0.15) is 59.3 Å². The Morgan fingerprint density at radius 2 is 1.89 bits per heavy atom. The predicted molar refractivity (Wildman–Crippen MR) is 78.8 cm³/mol. The van der Waals surface area contributed by atoms with E-state index in [1.165, 1.54) is 12.8 Å². The van der Waals surface area contributed by atoms with Crippen molar-refractivity contribution >= 4 is 5.91 Å². The SMILES string of the molecule is CC(C)CC(CCO)CNC(=O)C1CCC(C)CC1. The molecule has 1 aliphatic carbocycles. The summed E-state index contributed by atoms with van der Waals surface area (Å²) in [7, 11) is 0. The Morgan fingerprint density at radius 3 is 2.42 bits per heavy atom. The van der Waals surface area contributed by atoms with E-state index in [-0.39, 0.29) is 18.4 Å². The van der Waals surface area contributed by atoms with Crippen LogP contribution in [0.25, 0.3) is 0 Å². The molecule has 19 heavy (non-hydrogen) atoms. The van der Waals surface area contributed by atoms with Crippen molar-refractivity contribution in [3.8, 4) is 0 Å². The van der Waals surface area contributed by atoms with Gasteiger partial charge in [-0.25, -0.2) is 0 Å². The van der Waals surface area contributed by atoms with E-state index in [1.807, 2.05) is 0 Å². The topological polar surface area (TPSA) is 49.3 Å². The number of hydrogen-bond donors (Lipinski definition) is 2. The molecular formula is C16H31NO2. The molecule has 1 amide bonds. The van der Waals surface area contributed by atoms with Crippen molar-refractivity contribution in [1.82, 2.24) is 5.32 Å². The molecule has 1 fully saturated rings. The molecule has 0 bridgehead atoms. The van der Waals surface area contributed by atoms with E-state index in [4.69, 9.17) is 5.11 Å². The van der Waals surface area contributed by atoms with Gasteiger partial charge in [-0.3, -0.25) is 4.79 Å². The summed E-state index contributed by atoms with van der Waals surface area (Å²) in [6.45, 7) is 7.59. The second-order valence-electron chi connectivity index (χ2n) is 6.71. The number of rotatable bonds is 7. The lowest BCUT2D eigenvalue weighted by Gasteiger charge is -2.26. The minimum absolute atomic E-state index is 0.216. The fraction of sp³-hybridized carbons (Fsp3) is 0.938. The third-order valence-corrected chi connectivity index (χ3v) is 4.29. The van der Waals surface area contributed by atoms with Crippen LogP contribution < -0.4 is 5.32 Å². The average Bonchev–Trinajstić information content (AvgIpc) is 2.36. The van der Waals surface area contributed by atoms with Gasteiger partial charge in [0.2, 0.25) is 5.91 Å². The number of carbonyl (C=O) groups is 1. The average molecular weight is 269 g/mol. The van der Waals surface area contributed by atoms with Crippen LogP contribution in [0.4, 0.5) is 0 Å². The third kappa shape index (κ3) is 6.42. The number of amides is 1. The molecule has 1 saturated carbocycles. The molecule has 0 spiro atoms. The lowest BCUT2D eigenvalue weighted by molar-refractivity contribution is -0.126. The van der Waals surface area contributed by atoms with E-state index in [1.54, 1.807) is 0 Å². The van der Waals surface area contributed by atoms with E-state index in [9.17, 15) is 4.79 Å². The summed E-state index contributed by atoms with van der Waals surface area (Å²) in [6.07, 6.45) is 6.32. The highest BCUT2D eigenvalue weighted by atomic mass is 16.3. The summed E-state index contributed by atoms with van der Waals surface area (Å²) in [4.78, 5) is 12.1. The number of carbonyl (C=O) groups excluding carboxylic acids is 1. The first kappa shape index (κ1) is 16.5. The molecule has 0 saturated heterocycles. The summed E-state index contributed by atoms with van der Waals surface area (Å²) in [5.41, 5.74) is 0. The Hall–Kier alpha value is -0.570. The van der Waals surface area contributed by atoms with Gasteiger partial charge in [0.25, 0.3) is 0 Å². The Labute approximate surface area is 118 Å². The molecule has 2 N–H and O–H groups in total. The third-order valence-electron chi connectivity index (χ3n) is 4.29. The highest BCUT2D eigenvalue weighted by molar-refractivity contribution is 5.78. The highest BCUT2D eigenvalue weighted by Gasteiger charge is 2.24. The second-order valence-corrected chi connectivity index (χ2v) is 6.71. The van der Waals surface area contributed by atoms with Crippen molar-refractivity contribution in [2.75, 3.05) is 13.2 Å². The van der Waals surface area contributed by atoms with Crippen LogP contribution in [0.15, 0.2) is 0 Å². The van der Waals surface area contributed by atoms with Crippen molar-refractivity contribution in [3.05, 3.63) is 0 Å². The summed E-state index contributed by atoms with van der Waals surface area (Å²) >= 11 is 0. The Kier molecular flexibility index (Phi) is 7.44. The van der Waals surface area contributed by atoms with E-state index in [0.29, 0.717) is 11.8 Å². The molecule has 0 radical (unpaired) electrons. The number of aliphatic hydroxyl groups is 1. The zero-order chi connectivity index (χ0) is 14.3. The Bertz CT molecular complexity index is 257. The summed E-state index contributed by atoms with van der Waals surface area (Å²) in [6, 6.07) is 0. The first-order valence-electron chi connectivity index (χ1n) is 7.91. The lowest BCUT2D eigenvalue weighted by Crippen LogP contribution is -2.36. The lowest BCUT2D eigenvalue weighted by atomic mass is 9.82. The Balaban J connectivity index is 2.30. The van der Waals surface area contributed by atoms with Gasteiger partial charge in [0.15, 0.2) is 0 Å². The molecule has 1 rings (SSSR count). The maximum atomic E-state index is 12.1. The minimum atomic E-state index is 0.216. The molecule has 3 nitrogen and oxygen atoms in total. The van der Waals surface area contributed by atoms with Gasteiger partial charge in [0.1, 0.15) is 0 Å². The van der Waals surface area contributed by atoms with Crippen LogP contribution in [0.2, 0.25) is 0 Å². The van der Waals surface area contributed by atoms with Gasteiger partial charge in [0, 0.05) is 19.1 Å². The van der Waals surface area contributed by atoms with Crippen molar-refractivity contribution in [3.63, 3.8) is 0 Å². The van der Waals surface area contributed by atoms with Crippen LogP contribution >= 0.6 is 0 Å². The predicted octanol–water partition coefficient (Wildman–Crippen LogP) is 2.97. The molecule has 1 aliphatic rings. The normalized spacial score (nSPS) is 25.3. The molecule has 1 unspecified atom stereocenters. The van der Waals surface area contributed by atoms with Gasteiger partial charge in [-0.1, -0.05) is 20.8 Å². The fourth-order valence-electron chi connectivity index (χ4n) is 3.06. The molecule has 112 valence electrons. The van der Waals surface area contributed by atoms with Gasteiger partial charge in [0.05, 0.1) is 0 Å². The standard InChI is InChI=1S/C16H31NO2/c1-12(2)10-14(8-9-18)11-17-16(19)15-6-4-13(3)5-7-15/h12-15,18H,4-11H2,1-3H3,(H,17,19). The zero-order valence-electron chi connectivity index (χ0n) is 12.8. The number of nitrogens with one attached hydrogen (secondary N) is 1. The quantitative estimate of drug-likeness (QED) is 0.746. The molecule has 0 aromatic heterocycles. The highest BCUT2D eigenvalue weighted by Crippen LogP contribution is 2.28. The second kappa shape index (κ2) is 8.57. The van der Waals surface area contributed by atoms with E-state index < -0.39 is 0 Å². The molecule has 0 aromatic carbocycles. The first-order chi connectivity index (χ1) is 9.02. The molecule has 0 aliphatic heterocycles. The molecule has 3 heteroatoms. The first-order valence-corrected chi connectivity index (χ1v) is 7.91. The largest absolute Gasteiger partial charge is 0.396 e. The van der Waals surface area contributed by atoms with Crippen molar-refractivity contribution in [2.24, 2.45) is 23.7 Å². The van der Waals surface area contributed by atoms with Crippen LogP contribution in [-0.2, 0) is 4.79 Å². The molecular weight excluding hydrogens is 238 g/mol. The van der Waals surface area contributed by atoms with Crippen molar-refractivity contribution in [2.45, 2.75) is 59.3 Å². The van der Waals surface area contributed by atoms with Crippen LogP contribution in [0.3, 0.4) is 0 Å². The molecule has 0 heterocycles. The summed E-state index contributed by atoms with van der Waals surface area (Å²) < 4.78 is 0. The van der Waals surface area contributed by atoms with Crippen LogP contribution in [0.5, 0.6) is 0 Å². The zero-order valence-corrected chi connectivity index (χ0v) is 12.8. The van der Waals surface area contributed by atoms with Crippen molar-refractivity contribution in [1.29, 1.82) is 0 Å². The van der Waals surface area contributed by atoms with E-state index >= 15 is 0 Å². The van der Waals surface area contributed by atoms with E-state index in [2.05, 4.69) is 26.1 Å². The fourth-order valence-corrected chi connectivity index (χ4v) is 3.06. The van der Waals surface area contributed by atoms with Gasteiger partial charge in [-0.05, 0) is 56.3 Å². The number of aliphatic hydroxyl groups excluding tert-OH is 1. The van der Waals surface area contributed by atoms with Gasteiger partial charge < -0.3 is 10.4 Å². The van der Waals surface area contributed by atoms with Crippen LogP contribution in [-0.4, -0.2) is 24.2 Å². The maximum absolute atomic E-state index is 12.1.